The Morgan fingerprint density at radius 1 is 1.00 bits per heavy atom. The average Bonchev–Trinajstić information content (AvgIpc) is 3.13. The minimum absolute atomic E-state index is 0.0269. The number of nitrogens with zero attached hydrogens (tertiary/aromatic N) is 6. The molecule has 0 unspecified atom stereocenters. The first-order valence-corrected chi connectivity index (χ1v) is 10.9. The van der Waals surface area contributed by atoms with Crippen LogP contribution in [0, 0.1) is 19.8 Å². The molecular formula is C22H25F3N6O. The van der Waals surface area contributed by atoms with Gasteiger partial charge in [-0.1, -0.05) is 0 Å². The molecule has 170 valence electrons. The summed E-state index contributed by atoms with van der Waals surface area (Å²) in [6, 6.07) is 0. The molecule has 0 radical (unpaired) electrons. The fourth-order valence-corrected chi connectivity index (χ4v) is 4.60. The van der Waals surface area contributed by atoms with Crippen molar-refractivity contribution >= 4 is 11.2 Å². The van der Waals surface area contributed by atoms with Gasteiger partial charge in [0, 0.05) is 37.3 Å². The molecule has 2 aliphatic rings. The zero-order valence-electron chi connectivity index (χ0n) is 18.2. The van der Waals surface area contributed by atoms with Gasteiger partial charge in [-0.15, -0.1) is 0 Å². The zero-order chi connectivity index (χ0) is 22.6. The molecule has 0 amide bonds. The lowest BCUT2D eigenvalue weighted by Gasteiger charge is -2.36. The van der Waals surface area contributed by atoms with Crippen molar-refractivity contribution in [1.29, 1.82) is 0 Å². The van der Waals surface area contributed by atoms with Crippen molar-refractivity contribution in [2.75, 3.05) is 6.61 Å². The highest BCUT2D eigenvalue weighted by Crippen LogP contribution is 2.50. The van der Waals surface area contributed by atoms with Gasteiger partial charge >= 0.3 is 6.18 Å². The molecule has 1 aliphatic heterocycles. The van der Waals surface area contributed by atoms with E-state index in [2.05, 4.69) is 15.1 Å². The molecule has 0 aromatic carbocycles. The molecule has 2 atom stereocenters. The van der Waals surface area contributed by atoms with Crippen LogP contribution in [0.5, 0.6) is 0 Å². The highest BCUT2D eigenvalue weighted by Gasteiger charge is 2.49. The Morgan fingerprint density at radius 3 is 2.44 bits per heavy atom. The van der Waals surface area contributed by atoms with Crippen LogP contribution in [0.15, 0.2) is 12.4 Å². The summed E-state index contributed by atoms with van der Waals surface area (Å²) in [6.45, 7) is 4.26. The average molecular weight is 446 g/mol. The molecular weight excluding hydrogens is 421 g/mol. The third-order valence-corrected chi connectivity index (χ3v) is 6.72. The van der Waals surface area contributed by atoms with Gasteiger partial charge in [0.1, 0.15) is 11.3 Å². The Hall–Kier alpha value is -2.62. The van der Waals surface area contributed by atoms with Crippen molar-refractivity contribution < 1.29 is 17.9 Å². The van der Waals surface area contributed by atoms with Crippen molar-refractivity contribution in [2.45, 2.75) is 63.6 Å². The second-order valence-electron chi connectivity index (χ2n) is 8.97. The van der Waals surface area contributed by atoms with Gasteiger partial charge in [-0.25, -0.2) is 19.9 Å². The standard InChI is InChI=1S/C22H25F3N6O/c1-11-12(2)28-21-19(27-11)18(14-6-16(7-14)22(23,24)25)29-20(30-21)13-4-5-32-17(8-13)15-9-26-31(3)10-15/h9-10,13-14,16-17H,4-8H2,1-3H3/t13-,14-,16-,17+/m0/s1. The monoisotopic (exact) mass is 446 g/mol. The van der Waals surface area contributed by atoms with Gasteiger partial charge < -0.3 is 4.74 Å². The number of hydrogen-bond acceptors (Lipinski definition) is 6. The summed E-state index contributed by atoms with van der Waals surface area (Å²) in [4.78, 5) is 18.7. The molecule has 5 rings (SSSR count). The van der Waals surface area contributed by atoms with E-state index < -0.39 is 12.1 Å². The Morgan fingerprint density at radius 2 is 1.75 bits per heavy atom. The first kappa shape index (κ1) is 21.2. The number of fused-ring (bicyclic) bond motifs is 1. The topological polar surface area (TPSA) is 78.6 Å². The summed E-state index contributed by atoms with van der Waals surface area (Å²) < 4.78 is 47.0. The van der Waals surface area contributed by atoms with Gasteiger partial charge in [0.15, 0.2) is 5.65 Å². The summed E-state index contributed by atoms with van der Waals surface area (Å²) in [6.07, 6.45) is 0.949. The van der Waals surface area contributed by atoms with Crippen LogP contribution in [0.1, 0.15) is 72.1 Å². The van der Waals surface area contributed by atoms with Crippen LogP contribution in [0.3, 0.4) is 0 Å². The van der Waals surface area contributed by atoms with Crippen molar-refractivity contribution in [2.24, 2.45) is 13.0 Å². The van der Waals surface area contributed by atoms with Gasteiger partial charge in [-0.05, 0) is 39.5 Å². The van der Waals surface area contributed by atoms with Crippen LogP contribution in [0.25, 0.3) is 11.2 Å². The summed E-state index contributed by atoms with van der Waals surface area (Å²) in [5, 5.41) is 4.23. The third kappa shape index (κ3) is 3.85. The molecule has 0 spiro atoms. The summed E-state index contributed by atoms with van der Waals surface area (Å²) >= 11 is 0. The van der Waals surface area contributed by atoms with Crippen molar-refractivity contribution in [1.82, 2.24) is 29.7 Å². The predicted octanol–water partition coefficient (Wildman–Crippen LogP) is 4.46. The van der Waals surface area contributed by atoms with Crippen LogP contribution in [0.4, 0.5) is 13.2 Å². The first-order chi connectivity index (χ1) is 15.2. The van der Waals surface area contributed by atoms with Gasteiger partial charge in [-0.3, -0.25) is 4.68 Å². The summed E-state index contributed by atoms with van der Waals surface area (Å²) in [5.41, 5.74) is 4.09. The largest absolute Gasteiger partial charge is 0.391 e. The second kappa shape index (κ2) is 7.75. The van der Waals surface area contributed by atoms with Gasteiger partial charge in [0.05, 0.1) is 35.3 Å². The quantitative estimate of drug-likeness (QED) is 0.591. The third-order valence-electron chi connectivity index (χ3n) is 6.72. The molecule has 1 saturated carbocycles. The van der Waals surface area contributed by atoms with Gasteiger partial charge in [0.2, 0.25) is 0 Å². The number of hydrogen-bond donors (Lipinski definition) is 0. The lowest BCUT2D eigenvalue weighted by molar-refractivity contribution is -0.197. The maximum Gasteiger partial charge on any atom is 0.391 e. The molecule has 7 nitrogen and oxygen atoms in total. The molecule has 2 fully saturated rings. The van der Waals surface area contributed by atoms with E-state index in [1.807, 2.05) is 27.1 Å². The van der Waals surface area contributed by atoms with E-state index in [9.17, 15) is 13.2 Å². The van der Waals surface area contributed by atoms with Crippen LogP contribution in [-0.4, -0.2) is 42.5 Å². The van der Waals surface area contributed by atoms with Gasteiger partial charge in [-0.2, -0.15) is 18.3 Å². The number of alkyl halides is 3. The predicted molar refractivity (Wildman–Crippen MR) is 110 cm³/mol. The Kier molecular flexibility index (Phi) is 5.15. The summed E-state index contributed by atoms with van der Waals surface area (Å²) in [5.74, 6) is -0.911. The molecule has 1 aliphatic carbocycles. The van der Waals surface area contributed by atoms with Crippen molar-refractivity contribution in [3.8, 4) is 0 Å². The van der Waals surface area contributed by atoms with E-state index in [1.165, 1.54) is 0 Å². The smallest absolute Gasteiger partial charge is 0.373 e. The Labute approximate surface area is 183 Å². The van der Waals surface area contributed by atoms with E-state index >= 15 is 0 Å². The zero-order valence-corrected chi connectivity index (χ0v) is 18.2. The maximum absolute atomic E-state index is 13.1. The molecule has 3 aromatic rings. The van der Waals surface area contributed by atoms with Crippen molar-refractivity contribution in [3.63, 3.8) is 0 Å². The normalized spacial score (nSPS) is 26.3. The van der Waals surface area contributed by atoms with E-state index in [0.29, 0.717) is 35.7 Å². The van der Waals surface area contributed by atoms with Crippen LogP contribution in [0.2, 0.25) is 0 Å². The Balaban J connectivity index is 1.50. The highest BCUT2D eigenvalue weighted by atomic mass is 19.4. The molecule has 32 heavy (non-hydrogen) atoms. The number of halogens is 3. The van der Waals surface area contributed by atoms with Crippen LogP contribution in [-0.2, 0) is 11.8 Å². The number of rotatable bonds is 3. The van der Waals surface area contributed by atoms with E-state index in [4.69, 9.17) is 14.7 Å². The molecule has 1 saturated heterocycles. The molecule has 3 aromatic heterocycles. The fraction of sp³-hybridized carbons (Fsp3) is 0.591. The minimum atomic E-state index is -4.17. The van der Waals surface area contributed by atoms with Crippen LogP contribution >= 0.6 is 0 Å². The minimum Gasteiger partial charge on any atom is -0.373 e. The maximum atomic E-state index is 13.1. The second-order valence-corrected chi connectivity index (χ2v) is 8.97. The number of aromatic nitrogens is 6. The lowest BCUT2D eigenvalue weighted by atomic mass is 9.72. The lowest BCUT2D eigenvalue weighted by Crippen LogP contribution is -2.35. The molecule has 0 bridgehead atoms. The Bertz CT molecular complexity index is 1150. The van der Waals surface area contributed by atoms with E-state index in [-0.39, 0.29) is 30.8 Å². The fourth-order valence-electron chi connectivity index (χ4n) is 4.60. The van der Waals surface area contributed by atoms with Crippen LogP contribution < -0.4 is 0 Å². The summed E-state index contributed by atoms with van der Waals surface area (Å²) in [7, 11) is 1.86. The van der Waals surface area contributed by atoms with Gasteiger partial charge in [0.25, 0.3) is 0 Å². The van der Waals surface area contributed by atoms with Crippen molar-refractivity contribution in [3.05, 3.63) is 40.9 Å². The first-order valence-electron chi connectivity index (χ1n) is 10.9. The molecule has 10 heteroatoms. The van der Waals surface area contributed by atoms with E-state index in [1.54, 1.807) is 10.9 Å². The highest BCUT2D eigenvalue weighted by molar-refractivity contribution is 5.73. The molecule has 4 heterocycles. The van der Waals surface area contributed by atoms with E-state index in [0.717, 1.165) is 23.4 Å². The number of aryl methyl sites for hydroxylation is 3. The molecule has 0 N–H and O–H groups in total. The number of ether oxygens (including phenoxy) is 1. The SMILES string of the molecule is Cc1nc2nc([C@H]3CCO[C@@H](c4cnn(C)c4)C3)nc([C@H]3C[C@H](C(F)(F)F)C3)c2nc1C.